The molecule has 0 aliphatic carbocycles. The average Bonchev–Trinajstić information content (AvgIpc) is 2.36. The van der Waals surface area contributed by atoms with E-state index in [1.165, 1.54) is 0 Å². The van der Waals surface area contributed by atoms with Crippen LogP contribution in [0, 0.1) is 0 Å². The molecule has 1 aliphatic heterocycles. The van der Waals surface area contributed by atoms with Gasteiger partial charge in [-0.25, -0.2) is 0 Å². The summed E-state index contributed by atoms with van der Waals surface area (Å²) in [7, 11) is 0. The number of benzene rings is 1. The van der Waals surface area contributed by atoms with Crippen molar-refractivity contribution in [2.75, 3.05) is 18.0 Å². The Labute approximate surface area is 120 Å². The van der Waals surface area contributed by atoms with Crippen LogP contribution in [0.1, 0.15) is 25.3 Å². The van der Waals surface area contributed by atoms with Crippen molar-refractivity contribution >= 4 is 27.5 Å². The average molecular weight is 328 g/mol. The lowest BCUT2D eigenvalue weighted by Gasteiger charge is -2.38. The highest BCUT2D eigenvalue weighted by Gasteiger charge is 2.29. The molecule has 1 unspecified atom stereocenters. The number of β-amino-alcohol motifs (C(OH)–C–C–N with tert-alkyl or cyclic N) is 1. The highest BCUT2D eigenvalue weighted by Crippen LogP contribution is 2.32. The van der Waals surface area contributed by atoms with Gasteiger partial charge in [-0.1, -0.05) is 5.16 Å². The molecule has 0 bridgehead atoms. The van der Waals surface area contributed by atoms with Gasteiger partial charge in [-0.3, -0.25) is 0 Å². The normalized spacial score (nSPS) is 24.6. The minimum atomic E-state index is -0.651. The van der Waals surface area contributed by atoms with Crippen LogP contribution < -0.4 is 10.6 Å². The zero-order valence-electron chi connectivity index (χ0n) is 10.8. The predicted molar refractivity (Wildman–Crippen MR) is 78.7 cm³/mol. The van der Waals surface area contributed by atoms with Crippen LogP contribution in [0.3, 0.4) is 0 Å². The van der Waals surface area contributed by atoms with Crippen LogP contribution in [0.25, 0.3) is 0 Å². The first-order chi connectivity index (χ1) is 8.93. The topological polar surface area (TPSA) is 82.1 Å². The molecule has 1 aliphatic rings. The fourth-order valence-electron chi connectivity index (χ4n) is 2.41. The van der Waals surface area contributed by atoms with E-state index in [1.54, 1.807) is 6.07 Å². The van der Waals surface area contributed by atoms with Gasteiger partial charge in [0.1, 0.15) is 0 Å². The van der Waals surface area contributed by atoms with E-state index < -0.39 is 5.60 Å². The lowest BCUT2D eigenvalue weighted by molar-refractivity contribution is 0.0449. The van der Waals surface area contributed by atoms with Crippen LogP contribution in [0.4, 0.5) is 5.69 Å². The summed E-state index contributed by atoms with van der Waals surface area (Å²) in [4.78, 5) is 2.14. The lowest BCUT2D eigenvalue weighted by Crippen LogP contribution is -2.46. The Hall–Kier alpha value is -1.27. The van der Waals surface area contributed by atoms with Crippen molar-refractivity contribution in [1.82, 2.24) is 0 Å². The molecule has 1 fully saturated rings. The number of amidine groups is 1. The van der Waals surface area contributed by atoms with Crippen molar-refractivity contribution in [1.29, 1.82) is 0 Å². The number of hydrogen-bond acceptors (Lipinski definition) is 4. The maximum Gasteiger partial charge on any atom is 0.170 e. The van der Waals surface area contributed by atoms with Crippen molar-refractivity contribution in [2.24, 2.45) is 10.9 Å². The van der Waals surface area contributed by atoms with Gasteiger partial charge in [-0.15, -0.1) is 0 Å². The number of rotatable bonds is 2. The molecular weight excluding hydrogens is 310 g/mol. The van der Waals surface area contributed by atoms with Gasteiger partial charge in [-0.2, -0.15) is 0 Å². The zero-order valence-corrected chi connectivity index (χ0v) is 12.4. The van der Waals surface area contributed by atoms with E-state index in [-0.39, 0.29) is 5.84 Å². The zero-order chi connectivity index (χ0) is 14.0. The molecule has 104 valence electrons. The number of nitrogens with zero attached hydrogens (tertiary/aromatic N) is 2. The van der Waals surface area contributed by atoms with E-state index in [1.807, 2.05) is 19.1 Å². The minimum Gasteiger partial charge on any atom is -0.409 e. The summed E-state index contributed by atoms with van der Waals surface area (Å²) < 4.78 is 0.870. The van der Waals surface area contributed by atoms with Gasteiger partial charge < -0.3 is 20.9 Å². The molecule has 0 radical (unpaired) electrons. The van der Waals surface area contributed by atoms with E-state index in [0.717, 1.165) is 29.5 Å². The second-order valence-corrected chi connectivity index (χ2v) is 6.03. The molecule has 1 heterocycles. The molecule has 4 N–H and O–H groups in total. The van der Waals surface area contributed by atoms with Crippen molar-refractivity contribution < 1.29 is 10.3 Å². The Morgan fingerprint density at radius 2 is 2.26 bits per heavy atom. The van der Waals surface area contributed by atoms with Gasteiger partial charge in [0.05, 0.1) is 11.3 Å². The molecular formula is C13H18BrN3O2. The van der Waals surface area contributed by atoms with Crippen LogP contribution in [-0.4, -0.2) is 34.8 Å². The molecule has 1 aromatic rings. The molecule has 1 aromatic carbocycles. The fourth-order valence-corrected chi connectivity index (χ4v) is 3.04. The molecule has 5 nitrogen and oxygen atoms in total. The number of piperidine rings is 1. The number of halogens is 1. The van der Waals surface area contributed by atoms with E-state index in [9.17, 15) is 5.11 Å². The Balaban J connectivity index is 2.26. The van der Waals surface area contributed by atoms with Crippen LogP contribution in [0.15, 0.2) is 27.8 Å². The third-order valence-electron chi connectivity index (χ3n) is 3.37. The maximum atomic E-state index is 10.1. The maximum absolute atomic E-state index is 10.1. The molecule has 0 aromatic heterocycles. The second kappa shape index (κ2) is 5.38. The van der Waals surface area contributed by atoms with Gasteiger partial charge in [0.2, 0.25) is 0 Å². The molecule has 0 spiro atoms. The summed E-state index contributed by atoms with van der Waals surface area (Å²) in [5.41, 5.74) is 6.57. The van der Waals surface area contributed by atoms with Crippen molar-refractivity contribution in [2.45, 2.75) is 25.4 Å². The molecule has 0 amide bonds. The number of oxime groups is 1. The van der Waals surface area contributed by atoms with Gasteiger partial charge in [0.25, 0.3) is 0 Å². The standard InChI is InChI=1S/C13H18BrN3O2/c1-13(18)5-2-6-17(8-13)11-4-3-9(7-10(11)14)12(15)16-19/h3-4,7,18-19H,2,5-6,8H2,1H3,(H2,15,16). The van der Waals surface area contributed by atoms with E-state index in [2.05, 4.69) is 26.0 Å². The number of nitrogens with two attached hydrogens (primary N) is 1. The smallest absolute Gasteiger partial charge is 0.170 e. The quantitative estimate of drug-likeness (QED) is 0.335. The van der Waals surface area contributed by atoms with Crippen LogP contribution >= 0.6 is 15.9 Å². The van der Waals surface area contributed by atoms with Crippen LogP contribution in [0.5, 0.6) is 0 Å². The fraction of sp³-hybridized carbons (Fsp3) is 0.462. The first kappa shape index (κ1) is 14.1. The van der Waals surface area contributed by atoms with E-state index >= 15 is 0 Å². The summed E-state index contributed by atoms with van der Waals surface area (Å²) in [5, 5.41) is 21.8. The van der Waals surface area contributed by atoms with Crippen molar-refractivity contribution in [3.63, 3.8) is 0 Å². The predicted octanol–water partition coefficient (Wildman–Crippen LogP) is 1.89. The van der Waals surface area contributed by atoms with Crippen molar-refractivity contribution in [3.8, 4) is 0 Å². The Morgan fingerprint density at radius 1 is 1.53 bits per heavy atom. The molecule has 1 saturated heterocycles. The van der Waals surface area contributed by atoms with Gasteiger partial charge in [0.15, 0.2) is 5.84 Å². The molecule has 1 atom stereocenters. The number of aliphatic hydroxyl groups is 1. The highest BCUT2D eigenvalue weighted by molar-refractivity contribution is 9.10. The number of anilines is 1. The monoisotopic (exact) mass is 327 g/mol. The van der Waals surface area contributed by atoms with Crippen LogP contribution in [-0.2, 0) is 0 Å². The van der Waals surface area contributed by atoms with Gasteiger partial charge >= 0.3 is 0 Å². The Kier molecular flexibility index (Phi) is 4.01. The second-order valence-electron chi connectivity index (χ2n) is 5.17. The van der Waals surface area contributed by atoms with Crippen molar-refractivity contribution in [3.05, 3.63) is 28.2 Å². The largest absolute Gasteiger partial charge is 0.409 e. The third kappa shape index (κ3) is 3.19. The summed E-state index contributed by atoms with van der Waals surface area (Å²) >= 11 is 3.50. The molecule has 0 saturated carbocycles. The van der Waals surface area contributed by atoms with Gasteiger partial charge in [0, 0.05) is 23.1 Å². The third-order valence-corrected chi connectivity index (χ3v) is 4.00. The minimum absolute atomic E-state index is 0.0814. The summed E-state index contributed by atoms with van der Waals surface area (Å²) in [6.45, 7) is 3.38. The van der Waals surface area contributed by atoms with E-state index in [0.29, 0.717) is 12.1 Å². The highest BCUT2D eigenvalue weighted by atomic mass is 79.9. The Morgan fingerprint density at radius 3 is 2.84 bits per heavy atom. The van der Waals surface area contributed by atoms with Crippen LogP contribution in [0.2, 0.25) is 0 Å². The van der Waals surface area contributed by atoms with Gasteiger partial charge in [-0.05, 0) is 53.9 Å². The van der Waals surface area contributed by atoms with E-state index in [4.69, 9.17) is 10.9 Å². The molecule has 19 heavy (non-hydrogen) atoms. The summed E-state index contributed by atoms with van der Waals surface area (Å²) in [5.74, 6) is 0.0814. The number of hydrogen-bond donors (Lipinski definition) is 3. The molecule has 2 rings (SSSR count). The first-order valence-corrected chi connectivity index (χ1v) is 6.97. The lowest BCUT2D eigenvalue weighted by atomic mass is 9.94. The first-order valence-electron chi connectivity index (χ1n) is 6.18. The molecule has 6 heteroatoms. The summed E-state index contributed by atoms with van der Waals surface area (Å²) in [6, 6.07) is 5.53. The summed E-state index contributed by atoms with van der Waals surface area (Å²) in [6.07, 6.45) is 1.78. The Bertz CT molecular complexity index is 503. The SMILES string of the molecule is CC1(O)CCCN(c2ccc(/C(N)=N/O)cc2Br)C1.